The van der Waals surface area contributed by atoms with Crippen LogP contribution in [0.3, 0.4) is 0 Å². The monoisotopic (exact) mass is 589 g/mol. The lowest BCUT2D eigenvalue weighted by Gasteiger charge is -2.32. The number of sulfonamides is 1. The van der Waals surface area contributed by atoms with Gasteiger partial charge < -0.3 is 10.2 Å². The lowest BCUT2D eigenvalue weighted by molar-refractivity contribution is -0.139. The number of amides is 2. The molecule has 3 aromatic carbocycles. The molecular weight excluding hydrogens is 557 g/mol. The van der Waals surface area contributed by atoms with E-state index in [0.29, 0.717) is 0 Å². The minimum atomic E-state index is -4.20. The number of nitrogens with one attached hydrogen (secondary N) is 1. The van der Waals surface area contributed by atoms with Crippen molar-refractivity contribution in [2.75, 3.05) is 10.8 Å². The molecule has 0 heterocycles. The average Bonchev–Trinajstić information content (AvgIpc) is 2.90. The Morgan fingerprint density at radius 1 is 0.923 bits per heavy atom. The van der Waals surface area contributed by atoms with Gasteiger partial charge in [-0.1, -0.05) is 78.2 Å². The SMILES string of the molecule is CC[C@@H](C)NC(=O)[C@@H](C)N(Cc1ccc(C)cc1)C(=O)CN(c1cc(Cl)cc(Cl)c1)S(=O)(=O)c1ccccc1. The highest BCUT2D eigenvalue weighted by atomic mass is 35.5. The summed E-state index contributed by atoms with van der Waals surface area (Å²) in [6.45, 7) is 6.97. The molecule has 0 aliphatic carbocycles. The van der Waals surface area contributed by atoms with E-state index in [4.69, 9.17) is 23.2 Å². The highest BCUT2D eigenvalue weighted by Gasteiger charge is 2.33. The van der Waals surface area contributed by atoms with Crippen molar-refractivity contribution >= 4 is 50.7 Å². The summed E-state index contributed by atoms with van der Waals surface area (Å²) in [7, 11) is -4.20. The van der Waals surface area contributed by atoms with Crippen LogP contribution in [0.5, 0.6) is 0 Å². The second-order valence-corrected chi connectivity index (χ2v) is 12.2. The molecule has 0 unspecified atom stereocenters. The van der Waals surface area contributed by atoms with Crippen LogP contribution in [-0.4, -0.2) is 43.8 Å². The van der Waals surface area contributed by atoms with Gasteiger partial charge in [-0.25, -0.2) is 8.42 Å². The zero-order valence-electron chi connectivity index (χ0n) is 22.4. The maximum atomic E-state index is 13.9. The summed E-state index contributed by atoms with van der Waals surface area (Å²) in [6.07, 6.45) is 0.725. The number of hydrogen-bond acceptors (Lipinski definition) is 4. The Balaban J connectivity index is 2.04. The van der Waals surface area contributed by atoms with E-state index in [1.165, 1.54) is 35.2 Å². The third-order valence-electron chi connectivity index (χ3n) is 6.39. The third-order valence-corrected chi connectivity index (χ3v) is 8.61. The highest BCUT2D eigenvalue weighted by Crippen LogP contribution is 2.30. The van der Waals surface area contributed by atoms with E-state index < -0.39 is 28.5 Å². The number of rotatable bonds is 11. The molecule has 39 heavy (non-hydrogen) atoms. The third kappa shape index (κ3) is 7.97. The molecule has 0 aliphatic rings. The van der Waals surface area contributed by atoms with E-state index in [2.05, 4.69) is 5.32 Å². The van der Waals surface area contributed by atoms with Gasteiger partial charge in [0.2, 0.25) is 11.8 Å². The summed E-state index contributed by atoms with van der Waals surface area (Å²) >= 11 is 12.4. The normalized spacial score (nSPS) is 12.9. The van der Waals surface area contributed by atoms with Crippen molar-refractivity contribution in [1.82, 2.24) is 10.2 Å². The molecule has 3 aromatic rings. The van der Waals surface area contributed by atoms with Gasteiger partial charge >= 0.3 is 0 Å². The van der Waals surface area contributed by atoms with Crippen LogP contribution < -0.4 is 9.62 Å². The van der Waals surface area contributed by atoms with Gasteiger partial charge in [-0.05, 0) is 63.1 Å². The predicted octanol–water partition coefficient (Wildman–Crippen LogP) is 5.83. The standard InChI is InChI=1S/C29H33Cl2N3O4S/c1-5-21(3)32-29(36)22(4)33(18-23-13-11-20(2)12-14-23)28(35)19-34(26-16-24(30)15-25(31)17-26)39(37,38)27-9-7-6-8-10-27/h6-17,21-22H,5,18-19H2,1-4H3,(H,32,36)/t21-,22-/m1/s1. The molecule has 208 valence electrons. The van der Waals surface area contributed by atoms with Gasteiger partial charge in [0.25, 0.3) is 10.0 Å². The Morgan fingerprint density at radius 2 is 1.51 bits per heavy atom. The Morgan fingerprint density at radius 3 is 2.08 bits per heavy atom. The maximum absolute atomic E-state index is 13.9. The van der Waals surface area contributed by atoms with Gasteiger partial charge in [-0.15, -0.1) is 0 Å². The Kier molecular flexibility index (Phi) is 10.4. The van der Waals surface area contributed by atoms with Gasteiger partial charge in [0.1, 0.15) is 12.6 Å². The van der Waals surface area contributed by atoms with Crippen LogP contribution in [-0.2, 0) is 26.2 Å². The summed E-state index contributed by atoms with van der Waals surface area (Å²) in [6, 6.07) is 18.8. The van der Waals surface area contributed by atoms with E-state index in [9.17, 15) is 18.0 Å². The largest absolute Gasteiger partial charge is 0.352 e. The van der Waals surface area contributed by atoms with E-state index >= 15 is 0 Å². The zero-order chi connectivity index (χ0) is 28.7. The van der Waals surface area contributed by atoms with Gasteiger partial charge in [0, 0.05) is 22.6 Å². The second kappa shape index (κ2) is 13.3. The van der Waals surface area contributed by atoms with Crippen molar-refractivity contribution in [2.45, 2.75) is 57.6 Å². The molecule has 2 atom stereocenters. The van der Waals surface area contributed by atoms with Crippen molar-refractivity contribution < 1.29 is 18.0 Å². The number of benzene rings is 3. The van der Waals surface area contributed by atoms with E-state index in [-0.39, 0.29) is 39.1 Å². The van der Waals surface area contributed by atoms with E-state index in [1.807, 2.05) is 45.0 Å². The Labute approximate surface area is 240 Å². The van der Waals surface area contributed by atoms with E-state index in [1.54, 1.807) is 25.1 Å². The predicted molar refractivity (Wildman–Crippen MR) is 157 cm³/mol. The van der Waals surface area contributed by atoms with Gasteiger partial charge in [-0.3, -0.25) is 13.9 Å². The van der Waals surface area contributed by atoms with Crippen molar-refractivity contribution in [1.29, 1.82) is 0 Å². The molecule has 0 aliphatic heterocycles. The summed E-state index contributed by atoms with van der Waals surface area (Å²) < 4.78 is 28.6. The summed E-state index contributed by atoms with van der Waals surface area (Å²) in [5, 5.41) is 3.35. The Hall–Kier alpha value is -3.07. The lowest BCUT2D eigenvalue weighted by Crippen LogP contribution is -2.52. The smallest absolute Gasteiger partial charge is 0.264 e. The molecule has 3 rings (SSSR count). The number of anilines is 1. The van der Waals surface area contributed by atoms with Crippen LogP contribution in [0.15, 0.2) is 77.7 Å². The van der Waals surface area contributed by atoms with Crippen LogP contribution in [0.25, 0.3) is 0 Å². The molecule has 0 bridgehead atoms. The first-order valence-electron chi connectivity index (χ1n) is 12.6. The molecule has 7 nitrogen and oxygen atoms in total. The minimum absolute atomic E-state index is 0.00143. The second-order valence-electron chi connectivity index (χ2n) is 9.45. The van der Waals surface area contributed by atoms with Crippen LogP contribution in [0.2, 0.25) is 10.0 Å². The van der Waals surface area contributed by atoms with Gasteiger partial charge in [0.15, 0.2) is 0 Å². The number of carbonyl (C=O) groups is 2. The van der Waals surface area contributed by atoms with Crippen LogP contribution in [0.1, 0.15) is 38.3 Å². The molecule has 2 amide bonds. The van der Waals surface area contributed by atoms with Gasteiger partial charge in [0.05, 0.1) is 10.6 Å². The molecular formula is C29H33Cl2N3O4S. The first kappa shape index (κ1) is 30.5. The molecule has 0 spiro atoms. The first-order chi connectivity index (χ1) is 18.4. The molecule has 0 radical (unpaired) electrons. The number of hydrogen-bond donors (Lipinski definition) is 1. The quantitative estimate of drug-likeness (QED) is 0.305. The molecule has 1 N–H and O–H groups in total. The van der Waals surface area contributed by atoms with Crippen molar-refractivity contribution in [3.63, 3.8) is 0 Å². The van der Waals surface area contributed by atoms with Crippen LogP contribution in [0, 0.1) is 6.92 Å². The fourth-order valence-electron chi connectivity index (χ4n) is 3.87. The van der Waals surface area contributed by atoms with Crippen molar-refractivity contribution in [3.8, 4) is 0 Å². The molecule has 0 aromatic heterocycles. The topological polar surface area (TPSA) is 86.8 Å². The number of nitrogens with zero attached hydrogens (tertiary/aromatic N) is 2. The van der Waals surface area contributed by atoms with Crippen molar-refractivity contribution in [3.05, 3.63) is 94.0 Å². The molecule has 0 fully saturated rings. The summed E-state index contributed by atoms with van der Waals surface area (Å²) in [4.78, 5) is 28.4. The minimum Gasteiger partial charge on any atom is -0.352 e. The number of aryl methyl sites for hydroxylation is 1. The Bertz CT molecular complexity index is 1380. The first-order valence-corrected chi connectivity index (χ1v) is 14.8. The summed E-state index contributed by atoms with van der Waals surface area (Å²) in [5.74, 6) is -0.883. The average molecular weight is 591 g/mol. The zero-order valence-corrected chi connectivity index (χ0v) is 24.7. The maximum Gasteiger partial charge on any atom is 0.264 e. The molecule has 0 saturated carbocycles. The van der Waals surface area contributed by atoms with Crippen LogP contribution >= 0.6 is 23.2 Å². The number of carbonyl (C=O) groups excluding carboxylic acids is 2. The fraction of sp³-hybridized carbons (Fsp3) is 0.310. The van der Waals surface area contributed by atoms with Crippen molar-refractivity contribution in [2.24, 2.45) is 0 Å². The van der Waals surface area contributed by atoms with Crippen LogP contribution in [0.4, 0.5) is 5.69 Å². The lowest BCUT2D eigenvalue weighted by atomic mass is 10.1. The highest BCUT2D eigenvalue weighted by molar-refractivity contribution is 7.92. The van der Waals surface area contributed by atoms with Gasteiger partial charge in [-0.2, -0.15) is 0 Å². The molecule has 0 saturated heterocycles. The number of halogens is 2. The fourth-order valence-corrected chi connectivity index (χ4v) is 5.80. The van der Waals surface area contributed by atoms with E-state index in [0.717, 1.165) is 21.9 Å². The summed E-state index contributed by atoms with van der Waals surface area (Å²) in [5.41, 5.74) is 1.99. The molecule has 10 heteroatoms.